The molecule has 16 heteroatoms. The van der Waals surface area contributed by atoms with Gasteiger partial charge in [-0.05, 0) is 73.9 Å². The van der Waals surface area contributed by atoms with E-state index in [0.29, 0.717) is 6.42 Å². The van der Waals surface area contributed by atoms with Crippen molar-refractivity contribution in [2.75, 3.05) is 13.1 Å². The average Bonchev–Trinajstić information content (AvgIpc) is 3.70. The molecule has 1 aromatic carbocycles. The first-order chi connectivity index (χ1) is 26.5. The van der Waals surface area contributed by atoms with Gasteiger partial charge in [0, 0.05) is 81.2 Å². The van der Waals surface area contributed by atoms with Gasteiger partial charge in [-0.25, -0.2) is 9.59 Å². The Kier molecular flexibility index (Phi) is 16.2. The van der Waals surface area contributed by atoms with Crippen molar-refractivity contribution in [3.8, 4) is 0 Å². The molecule has 1 N–H and O–H groups in total. The molecule has 58 heavy (non-hydrogen) atoms. The lowest BCUT2D eigenvalue weighted by molar-refractivity contribution is -0.517. The normalized spacial score (nSPS) is 16.3. The highest BCUT2D eigenvalue weighted by atomic mass is 16.6. The minimum atomic E-state index is -0.547. The van der Waals surface area contributed by atoms with E-state index in [2.05, 4.69) is 37.1 Å². The quantitative estimate of drug-likeness (QED) is 0.251. The van der Waals surface area contributed by atoms with Crippen LogP contribution >= 0.6 is 0 Å². The maximum absolute atomic E-state index is 11.9. The molecule has 5 rings (SSSR count). The molecule has 0 saturated carbocycles. The molecular weight excluding hydrogens is 748 g/mol. The topological polar surface area (TPSA) is 200 Å². The first-order valence-corrected chi connectivity index (χ1v) is 18.8. The van der Waals surface area contributed by atoms with Gasteiger partial charge in [0.1, 0.15) is 12.0 Å². The van der Waals surface area contributed by atoms with Gasteiger partial charge in [-0.1, -0.05) is 18.2 Å². The van der Waals surface area contributed by atoms with Crippen molar-refractivity contribution in [3.05, 3.63) is 59.7 Å². The van der Waals surface area contributed by atoms with Crippen molar-refractivity contribution in [2.45, 2.75) is 125 Å². The van der Waals surface area contributed by atoms with E-state index in [0.717, 1.165) is 32.0 Å². The molecule has 0 radical (unpaired) electrons. The molecular formula is C42H57N6O10+. The molecule has 0 atom stereocenters. The van der Waals surface area contributed by atoms with E-state index in [9.17, 15) is 43.2 Å². The Morgan fingerprint density at radius 3 is 1.59 bits per heavy atom. The van der Waals surface area contributed by atoms with Gasteiger partial charge < -0.3 is 10.1 Å². The third kappa shape index (κ3) is 15.5. The second-order valence-corrected chi connectivity index (χ2v) is 17.5. The van der Waals surface area contributed by atoms with E-state index >= 15 is 0 Å². The van der Waals surface area contributed by atoms with Crippen LogP contribution in [0.3, 0.4) is 0 Å². The number of ether oxygens (including phenoxy) is 1. The summed E-state index contributed by atoms with van der Waals surface area (Å²) in [6, 6.07) is 7.59. The Morgan fingerprint density at radius 1 is 0.707 bits per heavy atom. The van der Waals surface area contributed by atoms with Gasteiger partial charge in [0.25, 0.3) is 29.5 Å². The molecule has 0 fully saturated rings. The van der Waals surface area contributed by atoms with Crippen LogP contribution in [0.15, 0.2) is 53.6 Å². The molecule has 0 aliphatic carbocycles. The minimum Gasteiger partial charge on any atom is -0.460 e. The number of nitrogens with zero attached hydrogens (tertiary/aromatic N) is 5. The first kappa shape index (κ1) is 48.2. The summed E-state index contributed by atoms with van der Waals surface area (Å²) in [4.78, 5) is 108. The summed E-state index contributed by atoms with van der Waals surface area (Å²) in [5, 5.41) is 2.76. The highest BCUT2D eigenvalue weighted by molar-refractivity contribution is 6.35. The summed E-state index contributed by atoms with van der Waals surface area (Å²) in [6.07, 6.45) is 8.49. The van der Waals surface area contributed by atoms with Crippen molar-refractivity contribution < 1.29 is 52.5 Å². The van der Waals surface area contributed by atoms with Crippen molar-refractivity contribution in [1.29, 1.82) is 0 Å². The molecule has 1 aromatic rings. The summed E-state index contributed by atoms with van der Waals surface area (Å²) < 4.78 is 6.89. The molecule has 0 unspecified atom stereocenters. The number of hydrogen-bond acceptors (Lipinski definition) is 10. The Labute approximate surface area is 340 Å². The average molecular weight is 806 g/mol. The van der Waals surface area contributed by atoms with E-state index in [1.165, 1.54) is 24.3 Å². The fraction of sp³-hybridized carbons (Fsp3) is 0.500. The maximum atomic E-state index is 11.9. The monoisotopic (exact) mass is 805 g/mol. The third-order valence-corrected chi connectivity index (χ3v) is 7.86. The zero-order valence-electron chi connectivity index (χ0n) is 35.6. The molecule has 0 saturated heterocycles. The lowest BCUT2D eigenvalue weighted by Crippen LogP contribution is -2.45. The lowest BCUT2D eigenvalue weighted by atomic mass is 9.98. The van der Waals surface area contributed by atoms with Crippen molar-refractivity contribution in [1.82, 2.24) is 20.0 Å². The summed E-state index contributed by atoms with van der Waals surface area (Å²) in [6.45, 7) is 22.6. The van der Waals surface area contributed by atoms with Gasteiger partial charge >= 0.3 is 17.9 Å². The number of aliphatic imine (C=N–C) groups is 1. The Morgan fingerprint density at radius 2 is 1.19 bits per heavy atom. The number of benzene rings is 1. The molecule has 0 aromatic heterocycles. The number of esters is 1. The second kappa shape index (κ2) is 19.5. The number of carbonyl (C=O) groups excluding carboxylic acids is 9. The number of rotatable bonds is 6. The van der Waals surface area contributed by atoms with Crippen LogP contribution in [0.2, 0.25) is 0 Å². The van der Waals surface area contributed by atoms with Crippen LogP contribution in [0.25, 0.3) is 0 Å². The van der Waals surface area contributed by atoms with Crippen LogP contribution < -0.4 is 5.32 Å². The number of carbonyl (C=O) groups is 9. The van der Waals surface area contributed by atoms with E-state index in [1.54, 1.807) is 41.5 Å². The van der Waals surface area contributed by atoms with Gasteiger partial charge in [0.15, 0.2) is 11.8 Å². The molecule has 0 spiro atoms. The van der Waals surface area contributed by atoms with Crippen LogP contribution in [-0.2, 0) is 49.5 Å². The van der Waals surface area contributed by atoms with Gasteiger partial charge in [-0.15, -0.1) is 0 Å². The number of fused-ring (bicyclic) bond motifs is 1. The van der Waals surface area contributed by atoms with Crippen LogP contribution in [0, 0.1) is 0 Å². The standard InChI is InChI=1S/C13H16NO.C11H16N2O3.C11H15NO4.C7H10N2O2/c1-13(2,3)14-9-11-7-5-4-6-10(11)8-12(14)15;1-11(2,3)12-8(14)6-7-13-9(15)4-5-10(13)16;1-11(2,3)16-10(15)6-7-12-8(13)4-5-9(12)14;1-7(2,3)9-5(10)4-8-6(9)11/h4-7,9H,8H2,1-3H3;4-5H,6-7H2,1-3H3,(H,12,14);4-5H,6-7H2,1-3H3;4H,1-3H3/q+1;;;. The molecule has 9 amide bonds. The van der Waals surface area contributed by atoms with Gasteiger partial charge in [-0.2, -0.15) is 9.57 Å². The van der Waals surface area contributed by atoms with Gasteiger partial charge in [0.05, 0.1) is 12.6 Å². The van der Waals surface area contributed by atoms with E-state index in [1.807, 2.05) is 49.8 Å². The zero-order valence-corrected chi connectivity index (χ0v) is 35.6. The molecule has 4 heterocycles. The Bertz CT molecular complexity index is 1810. The Balaban J connectivity index is 0.000000269. The molecule has 16 nitrogen and oxygen atoms in total. The number of urea groups is 1. The molecule has 4 aliphatic heterocycles. The Hall–Kier alpha value is -5.93. The van der Waals surface area contributed by atoms with Crippen LogP contribution in [0.4, 0.5) is 4.79 Å². The number of imide groups is 3. The fourth-order valence-electron chi connectivity index (χ4n) is 5.38. The van der Waals surface area contributed by atoms with Gasteiger partial charge in [-0.3, -0.25) is 48.3 Å². The second-order valence-electron chi connectivity index (χ2n) is 17.5. The number of hydrogen-bond donors (Lipinski definition) is 1. The van der Waals surface area contributed by atoms with Crippen molar-refractivity contribution >= 4 is 65.8 Å². The summed E-state index contributed by atoms with van der Waals surface area (Å²) in [5.41, 5.74) is 0.841. The van der Waals surface area contributed by atoms with Crippen LogP contribution in [-0.4, -0.2) is 120 Å². The molecule has 4 aliphatic rings. The first-order valence-electron chi connectivity index (χ1n) is 18.8. The number of nitrogens with one attached hydrogen (secondary N) is 1. The number of amides is 9. The fourth-order valence-corrected chi connectivity index (χ4v) is 5.38. The van der Waals surface area contributed by atoms with Gasteiger partial charge in [0.2, 0.25) is 5.91 Å². The van der Waals surface area contributed by atoms with Crippen LogP contribution in [0.5, 0.6) is 0 Å². The SMILES string of the molecule is CC(C)(C)N1C(=O)C=NC1=O.CC(C)(C)NC(=O)CCN1C(=O)C=CC1=O.CC(C)(C)OC(=O)CCN1C(=O)C=CC1=O.CC(C)(C)[N+]1=Cc2ccccc2CC1=O. The van der Waals surface area contributed by atoms with E-state index < -0.39 is 23.1 Å². The van der Waals surface area contributed by atoms with Crippen molar-refractivity contribution in [3.63, 3.8) is 0 Å². The largest absolute Gasteiger partial charge is 0.460 e. The maximum Gasteiger partial charge on any atom is 0.391 e. The summed E-state index contributed by atoms with van der Waals surface area (Å²) in [5.74, 6) is -2.20. The predicted octanol–water partition coefficient (Wildman–Crippen LogP) is 3.68. The predicted molar refractivity (Wildman–Crippen MR) is 216 cm³/mol. The highest BCUT2D eigenvalue weighted by Gasteiger charge is 2.36. The smallest absolute Gasteiger partial charge is 0.391 e. The van der Waals surface area contributed by atoms with Crippen molar-refractivity contribution in [2.24, 2.45) is 4.99 Å². The van der Waals surface area contributed by atoms with E-state index in [4.69, 9.17) is 4.74 Å². The molecule has 0 bridgehead atoms. The summed E-state index contributed by atoms with van der Waals surface area (Å²) >= 11 is 0. The lowest BCUT2D eigenvalue weighted by Gasteiger charge is -2.27. The zero-order chi connectivity index (χ0) is 44.4. The minimum absolute atomic E-state index is 0.0242. The molecule has 314 valence electrons. The highest BCUT2D eigenvalue weighted by Crippen LogP contribution is 2.19. The van der Waals surface area contributed by atoms with Crippen LogP contribution in [0.1, 0.15) is 107 Å². The van der Waals surface area contributed by atoms with E-state index in [-0.39, 0.29) is 78.4 Å². The third-order valence-electron chi connectivity index (χ3n) is 7.86. The summed E-state index contributed by atoms with van der Waals surface area (Å²) in [7, 11) is 0.